The van der Waals surface area contributed by atoms with Crippen molar-refractivity contribution in [2.24, 2.45) is 0 Å². The van der Waals surface area contributed by atoms with Crippen molar-refractivity contribution in [2.75, 3.05) is 0 Å². The van der Waals surface area contributed by atoms with Crippen molar-refractivity contribution in [3.63, 3.8) is 0 Å². The van der Waals surface area contributed by atoms with E-state index in [1.807, 2.05) is 43.3 Å². The van der Waals surface area contributed by atoms with Crippen molar-refractivity contribution in [2.45, 2.75) is 25.8 Å². The monoisotopic (exact) mass is 389 g/mol. The predicted molar refractivity (Wildman–Crippen MR) is 98.2 cm³/mol. The number of carboxylic acid groups (broad SMARTS) is 2. The molecule has 0 N–H and O–H groups in total. The summed E-state index contributed by atoms with van der Waals surface area (Å²) in [6, 6.07) is 8.05. The minimum atomic E-state index is -1.56. The van der Waals surface area contributed by atoms with Gasteiger partial charge in [0, 0.05) is 5.97 Å². The first-order valence-electron chi connectivity index (χ1n) is 7.70. The molecule has 1 aliphatic heterocycles. The fourth-order valence-electron chi connectivity index (χ4n) is 2.42. The summed E-state index contributed by atoms with van der Waals surface area (Å²) in [7, 11) is 0. The molecule has 1 heterocycles. The topological polar surface area (TPSA) is 101 Å². The molecule has 1 atom stereocenters. The van der Waals surface area contributed by atoms with Gasteiger partial charge >= 0.3 is 0 Å². The fourth-order valence-corrected chi connectivity index (χ4v) is 3.82. The second-order valence-corrected chi connectivity index (χ2v) is 7.27. The number of carbonyl (C=O) groups is 3. The van der Waals surface area contributed by atoms with Gasteiger partial charge in [0.25, 0.3) is 5.91 Å². The molecule has 26 heavy (non-hydrogen) atoms. The van der Waals surface area contributed by atoms with Crippen molar-refractivity contribution < 1.29 is 24.6 Å². The molecule has 0 aliphatic carbocycles. The maximum Gasteiger partial charge on any atom is 0.266 e. The van der Waals surface area contributed by atoms with Crippen LogP contribution in [0.2, 0.25) is 0 Å². The van der Waals surface area contributed by atoms with E-state index in [0.29, 0.717) is 0 Å². The van der Waals surface area contributed by atoms with Gasteiger partial charge in [0.15, 0.2) is 0 Å². The lowest BCUT2D eigenvalue weighted by Crippen LogP contribution is -2.50. The second-order valence-electron chi connectivity index (χ2n) is 5.60. The fraction of sp³-hybridized carbons (Fsp3) is 0.222. The Bertz CT molecular complexity index is 801. The smallest absolute Gasteiger partial charge is 0.266 e. The van der Waals surface area contributed by atoms with E-state index in [9.17, 15) is 24.6 Å². The molecule has 1 aromatic carbocycles. The summed E-state index contributed by atoms with van der Waals surface area (Å²) in [6.45, 7) is 1.81. The summed E-state index contributed by atoms with van der Waals surface area (Å²) >= 11 is 6.08. The number of nitrogens with zero attached hydrogens (tertiary/aromatic N) is 1. The first kappa shape index (κ1) is 19.9. The Balaban J connectivity index is 2.22. The minimum Gasteiger partial charge on any atom is -0.550 e. The first-order valence-corrected chi connectivity index (χ1v) is 8.93. The zero-order chi connectivity index (χ0) is 19.3. The van der Waals surface area contributed by atoms with Crippen molar-refractivity contribution >= 4 is 52.2 Å². The summed E-state index contributed by atoms with van der Waals surface area (Å²) in [5.74, 6) is -3.53. The summed E-state index contributed by atoms with van der Waals surface area (Å²) in [6.07, 6.45) is 2.65. The molecule has 6 nitrogen and oxygen atoms in total. The van der Waals surface area contributed by atoms with Gasteiger partial charge in [-0.15, -0.1) is 0 Å². The molecule has 0 unspecified atom stereocenters. The van der Waals surface area contributed by atoms with Gasteiger partial charge in [-0.1, -0.05) is 60.4 Å². The van der Waals surface area contributed by atoms with Gasteiger partial charge in [0.1, 0.15) is 4.32 Å². The van der Waals surface area contributed by atoms with E-state index >= 15 is 0 Å². The number of thioether (sulfide) groups is 1. The molecule has 1 aromatic rings. The van der Waals surface area contributed by atoms with Crippen molar-refractivity contribution in [3.8, 4) is 0 Å². The van der Waals surface area contributed by atoms with Crippen molar-refractivity contribution in [1.29, 1.82) is 0 Å². The normalized spacial score (nSPS) is 17.7. The van der Waals surface area contributed by atoms with Gasteiger partial charge < -0.3 is 19.8 Å². The highest BCUT2D eigenvalue weighted by Crippen LogP contribution is 2.34. The zero-order valence-corrected chi connectivity index (χ0v) is 15.5. The third kappa shape index (κ3) is 5.03. The van der Waals surface area contributed by atoms with Gasteiger partial charge in [-0.25, -0.2) is 0 Å². The molecular weight excluding hydrogens is 374 g/mol. The molecule has 0 bridgehead atoms. The molecule has 2 rings (SSSR count). The second kappa shape index (κ2) is 8.77. The lowest BCUT2D eigenvalue weighted by atomic mass is 10.1. The van der Waals surface area contributed by atoms with Crippen LogP contribution < -0.4 is 10.2 Å². The number of carbonyl (C=O) groups excluding carboxylic acids is 3. The van der Waals surface area contributed by atoms with Crippen LogP contribution >= 0.6 is 24.0 Å². The SMILES string of the molecule is CC(/C=C1\SC(=S)N([C@H](CCC(=O)[O-])C(=O)[O-])C1=O)=C\c1ccccc1. The van der Waals surface area contributed by atoms with Gasteiger partial charge in [-0.05, 0) is 37.0 Å². The molecule has 1 fully saturated rings. The Labute approximate surface area is 160 Å². The van der Waals surface area contributed by atoms with Crippen LogP contribution in [0, 0.1) is 0 Å². The third-order valence-electron chi connectivity index (χ3n) is 3.58. The van der Waals surface area contributed by atoms with Crippen LogP contribution in [0.25, 0.3) is 6.08 Å². The number of hydrogen-bond acceptors (Lipinski definition) is 7. The minimum absolute atomic E-state index is 0.0568. The van der Waals surface area contributed by atoms with E-state index in [0.717, 1.165) is 27.8 Å². The summed E-state index contributed by atoms with van der Waals surface area (Å²) < 4.78 is 0.0568. The number of thiocarbonyl (C=S) groups is 1. The standard InChI is InChI=1S/C18H17NO5S2/c1-11(9-12-5-3-2-4-6-12)10-14-16(22)19(18(25)26-14)13(17(23)24)7-8-15(20)21/h2-6,9-10,13H,7-8H2,1H3,(H,20,21)(H,23,24)/p-2/b11-9+,14-10-/t13-/m1/s1. The maximum absolute atomic E-state index is 12.6. The van der Waals surface area contributed by atoms with Gasteiger partial charge in [-0.3, -0.25) is 9.69 Å². The van der Waals surface area contributed by atoms with Crippen LogP contribution in [0.3, 0.4) is 0 Å². The van der Waals surface area contributed by atoms with Gasteiger partial charge in [0.05, 0.1) is 16.9 Å². The van der Waals surface area contributed by atoms with E-state index in [-0.39, 0.29) is 15.6 Å². The van der Waals surface area contributed by atoms with Crippen LogP contribution in [0.4, 0.5) is 0 Å². The zero-order valence-electron chi connectivity index (χ0n) is 13.8. The number of rotatable bonds is 7. The van der Waals surface area contributed by atoms with Gasteiger partial charge in [0.2, 0.25) is 0 Å². The Kier molecular flexibility index (Phi) is 6.70. The molecular formula is C18H15NO5S2-2. The molecule has 0 aromatic heterocycles. The average Bonchev–Trinajstić information content (AvgIpc) is 2.83. The number of aliphatic carboxylic acids is 2. The largest absolute Gasteiger partial charge is 0.550 e. The highest BCUT2D eigenvalue weighted by atomic mass is 32.2. The molecule has 1 amide bonds. The average molecular weight is 389 g/mol. The predicted octanol–water partition coefficient (Wildman–Crippen LogP) is 0.483. The number of benzene rings is 1. The lowest BCUT2D eigenvalue weighted by Gasteiger charge is -2.27. The Morgan fingerprint density at radius 2 is 1.92 bits per heavy atom. The van der Waals surface area contributed by atoms with Crippen LogP contribution in [0.15, 0.2) is 46.9 Å². The maximum atomic E-state index is 12.6. The third-order valence-corrected chi connectivity index (χ3v) is 4.91. The number of hydrogen-bond donors (Lipinski definition) is 0. The first-order chi connectivity index (χ1) is 12.3. The van der Waals surface area contributed by atoms with E-state index in [2.05, 4.69) is 0 Å². The quantitative estimate of drug-likeness (QED) is 0.494. The van der Waals surface area contributed by atoms with Crippen molar-refractivity contribution in [3.05, 3.63) is 52.4 Å². The van der Waals surface area contributed by atoms with Gasteiger partial charge in [-0.2, -0.15) is 0 Å². The number of allylic oxidation sites excluding steroid dienone is 2. The van der Waals surface area contributed by atoms with Crippen LogP contribution in [0.5, 0.6) is 0 Å². The summed E-state index contributed by atoms with van der Waals surface area (Å²) in [5, 5.41) is 21.9. The molecule has 1 aliphatic rings. The number of amides is 1. The van der Waals surface area contributed by atoms with E-state index < -0.39 is 30.3 Å². The van der Waals surface area contributed by atoms with E-state index in [4.69, 9.17) is 12.2 Å². The van der Waals surface area contributed by atoms with E-state index in [1.165, 1.54) is 0 Å². The Morgan fingerprint density at radius 1 is 1.27 bits per heavy atom. The number of carboxylic acids is 2. The molecule has 0 radical (unpaired) electrons. The molecule has 0 spiro atoms. The Hall–Kier alpha value is -2.45. The Morgan fingerprint density at radius 3 is 2.50 bits per heavy atom. The molecule has 136 valence electrons. The van der Waals surface area contributed by atoms with Crippen LogP contribution in [0.1, 0.15) is 25.3 Å². The molecule has 0 saturated carbocycles. The molecule has 1 saturated heterocycles. The van der Waals surface area contributed by atoms with Crippen LogP contribution in [-0.2, 0) is 14.4 Å². The van der Waals surface area contributed by atoms with E-state index in [1.54, 1.807) is 6.08 Å². The van der Waals surface area contributed by atoms with Crippen LogP contribution in [-0.4, -0.2) is 33.1 Å². The lowest BCUT2D eigenvalue weighted by molar-refractivity contribution is -0.311. The molecule has 8 heteroatoms. The highest BCUT2D eigenvalue weighted by Gasteiger charge is 2.37. The van der Waals surface area contributed by atoms with Crippen molar-refractivity contribution in [1.82, 2.24) is 4.90 Å². The summed E-state index contributed by atoms with van der Waals surface area (Å²) in [5.41, 5.74) is 1.75. The highest BCUT2D eigenvalue weighted by molar-refractivity contribution is 8.26. The summed E-state index contributed by atoms with van der Waals surface area (Å²) in [4.78, 5) is 35.7.